The van der Waals surface area contributed by atoms with Crippen molar-refractivity contribution in [3.63, 3.8) is 0 Å². The van der Waals surface area contributed by atoms with Crippen LogP contribution in [0.25, 0.3) is 0 Å². The lowest BCUT2D eigenvalue weighted by molar-refractivity contribution is -0.115. The van der Waals surface area contributed by atoms with Crippen LogP contribution in [0.3, 0.4) is 0 Å². The molecule has 2 aromatic carbocycles. The maximum Gasteiger partial charge on any atom is 0.232 e. The van der Waals surface area contributed by atoms with E-state index in [0.29, 0.717) is 16.9 Å². The lowest BCUT2D eigenvalue weighted by atomic mass is 10.1. The molecule has 0 saturated carbocycles. The average Bonchev–Trinajstić information content (AvgIpc) is 2.41. The highest BCUT2D eigenvalue weighted by Gasteiger charge is 2.12. The number of carbonyl (C=O) groups is 2. The molecular formula is C15H13BrN2O2. The van der Waals surface area contributed by atoms with Crippen LogP contribution >= 0.6 is 15.9 Å². The lowest BCUT2D eigenvalue weighted by Crippen LogP contribution is -2.16. The van der Waals surface area contributed by atoms with E-state index in [1.54, 1.807) is 42.5 Å². The Hall–Kier alpha value is -2.14. The van der Waals surface area contributed by atoms with Crippen LogP contribution in [0.2, 0.25) is 0 Å². The molecule has 0 radical (unpaired) electrons. The molecule has 2 aromatic rings. The van der Waals surface area contributed by atoms with Crippen molar-refractivity contribution < 1.29 is 9.59 Å². The Kier molecular flexibility index (Phi) is 4.53. The highest BCUT2D eigenvalue weighted by Crippen LogP contribution is 2.14. The van der Waals surface area contributed by atoms with Gasteiger partial charge in [-0.05, 0) is 36.4 Å². The zero-order valence-corrected chi connectivity index (χ0v) is 12.2. The van der Waals surface area contributed by atoms with Crippen LogP contribution in [-0.4, -0.2) is 11.7 Å². The van der Waals surface area contributed by atoms with Crippen molar-refractivity contribution in [2.75, 3.05) is 11.1 Å². The van der Waals surface area contributed by atoms with Crippen molar-refractivity contribution in [1.82, 2.24) is 0 Å². The lowest BCUT2D eigenvalue weighted by Gasteiger charge is -2.05. The molecule has 0 aromatic heterocycles. The third kappa shape index (κ3) is 3.93. The number of nitrogen functional groups attached to an aromatic ring is 1. The standard InChI is InChI=1S/C15H13BrN2O2/c16-11-3-1-2-10(8-11)14(19)9-15(20)18-13-6-4-12(17)5-7-13/h1-8H,9,17H2,(H,18,20). The molecule has 0 saturated heterocycles. The number of Topliss-reactive ketones (excluding diaryl/α,β-unsaturated/α-hetero) is 1. The molecule has 0 aliphatic heterocycles. The van der Waals surface area contributed by atoms with Gasteiger partial charge in [0.1, 0.15) is 0 Å². The van der Waals surface area contributed by atoms with Crippen molar-refractivity contribution in [3.05, 3.63) is 58.6 Å². The zero-order chi connectivity index (χ0) is 14.5. The molecule has 0 fully saturated rings. The van der Waals surface area contributed by atoms with E-state index in [9.17, 15) is 9.59 Å². The zero-order valence-electron chi connectivity index (χ0n) is 10.6. The second kappa shape index (κ2) is 6.34. The van der Waals surface area contributed by atoms with E-state index in [1.165, 1.54) is 0 Å². The Balaban J connectivity index is 1.97. The molecule has 5 heteroatoms. The fourth-order valence-corrected chi connectivity index (χ4v) is 2.08. The Morgan fingerprint density at radius 2 is 1.80 bits per heavy atom. The quantitative estimate of drug-likeness (QED) is 0.513. The van der Waals surface area contributed by atoms with Crippen molar-refractivity contribution in [3.8, 4) is 0 Å². The molecule has 0 heterocycles. The van der Waals surface area contributed by atoms with Gasteiger partial charge >= 0.3 is 0 Å². The van der Waals surface area contributed by atoms with E-state index >= 15 is 0 Å². The molecule has 0 spiro atoms. The molecule has 0 bridgehead atoms. The van der Waals surface area contributed by atoms with Crippen LogP contribution in [0.1, 0.15) is 16.8 Å². The first-order chi connectivity index (χ1) is 9.54. The van der Waals surface area contributed by atoms with Gasteiger partial charge in [0, 0.05) is 21.4 Å². The summed E-state index contributed by atoms with van der Waals surface area (Å²) in [4.78, 5) is 23.7. The van der Waals surface area contributed by atoms with Gasteiger partial charge in [-0.1, -0.05) is 28.1 Å². The van der Waals surface area contributed by atoms with E-state index in [4.69, 9.17) is 5.73 Å². The van der Waals surface area contributed by atoms with Gasteiger partial charge in [-0.3, -0.25) is 9.59 Å². The molecular weight excluding hydrogens is 320 g/mol. The first kappa shape index (κ1) is 14.3. The smallest absolute Gasteiger partial charge is 0.232 e. The van der Waals surface area contributed by atoms with Gasteiger partial charge in [-0.15, -0.1) is 0 Å². The minimum Gasteiger partial charge on any atom is -0.399 e. The molecule has 3 N–H and O–H groups in total. The minimum absolute atomic E-state index is 0.194. The highest BCUT2D eigenvalue weighted by atomic mass is 79.9. The first-order valence-electron chi connectivity index (χ1n) is 5.99. The van der Waals surface area contributed by atoms with Crippen LogP contribution in [0.15, 0.2) is 53.0 Å². The summed E-state index contributed by atoms with van der Waals surface area (Å²) in [6.07, 6.45) is -0.194. The van der Waals surface area contributed by atoms with Crippen molar-refractivity contribution >= 4 is 39.0 Å². The van der Waals surface area contributed by atoms with E-state index in [2.05, 4.69) is 21.2 Å². The number of ketones is 1. The summed E-state index contributed by atoms with van der Waals surface area (Å²) < 4.78 is 0.808. The number of carbonyl (C=O) groups excluding carboxylic acids is 2. The van der Waals surface area contributed by atoms with Crippen LogP contribution in [0.5, 0.6) is 0 Å². The van der Waals surface area contributed by atoms with E-state index < -0.39 is 0 Å². The van der Waals surface area contributed by atoms with Gasteiger partial charge in [0.25, 0.3) is 0 Å². The largest absolute Gasteiger partial charge is 0.399 e. The van der Waals surface area contributed by atoms with Crippen molar-refractivity contribution in [1.29, 1.82) is 0 Å². The summed E-state index contributed by atoms with van der Waals surface area (Å²) in [5, 5.41) is 2.66. The van der Waals surface area contributed by atoms with E-state index in [1.807, 2.05) is 6.07 Å². The van der Waals surface area contributed by atoms with Gasteiger partial charge in [0.2, 0.25) is 5.91 Å². The number of anilines is 2. The molecule has 1 amide bonds. The summed E-state index contributed by atoms with van der Waals surface area (Å²) in [6, 6.07) is 13.7. The van der Waals surface area contributed by atoms with E-state index in [-0.39, 0.29) is 18.1 Å². The molecule has 0 aliphatic rings. The Morgan fingerprint density at radius 3 is 2.45 bits per heavy atom. The van der Waals surface area contributed by atoms with Crippen LogP contribution in [0.4, 0.5) is 11.4 Å². The van der Waals surface area contributed by atoms with Gasteiger partial charge in [-0.2, -0.15) is 0 Å². The van der Waals surface area contributed by atoms with Gasteiger partial charge in [0.15, 0.2) is 5.78 Å². The van der Waals surface area contributed by atoms with Crippen LogP contribution in [-0.2, 0) is 4.79 Å². The van der Waals surface area contributed by atoms with E-state index in [0.717, 1.165) is 4.47 Å². The number of benzene rings is 2. The molecule has 2 rings (SSSR count). The normalized spacial score (nSPS) is 10.1. The molecule has 20 heavy (non-hydrogen) atoms. The first-order valence-corrected chi connectivity index (χ1v) is 6.78. The van der Waals surface area contributed by atoms with Gasteiger partial charge in [0.05, 0.1) is 6.42 Å². The summed E-state index contributed by atoms with van der Waals surface area (Å²) >= 11 is 3.29. The predicted octanol–water partition coefficient (Wildman–Crippen LogP) is 3.24. The molecule has 0 atom stereocenters. The number of amides is 1. The van der Waals surface area contributed by atoms with Crippen molar-refractivity contribution in [2.24, 2.45) is 0 Å². The molecule has 102 valence electrons. The number of hydrogen-bond acceptors (Lipinski definition) is 3. The maximum atomic E-state index is 11.9. The molecule has 0 unspecified atom stereocenters. The average molecular weight is 333 g/mol. The fourth-order valence-electron chi connectivity index (χ4n) is 1.68. The van der Waals surface area contributed by atoms with Crippen LogP contribution in [0, 0.1) is 0 Å². The van der Waals surface area contributed by atoms with Gasteiger partial charge in [-0.25, -0.2) is 0 Å². The minimum atomic E-state index is -0.347. The second-order valence-electron chi connectivity index (χ2n) is 4.28. The Labute approximate surface area is 125 Å². The summed E-state index contributed by atoms with van der Waals surface area (Å²) in [5.41, 5.74) is 7.30. The Bertz CT molecular complexity index is 639. The number of nitrogens with two attached hydrogens (primary N) is 1. The number of halogens is 1. The number of nitrogens with one attached hydrogen (secondary N) is 1. The predicted molar refractivity (Wildman–Crippen MR) is 82.6 cm³/mol. The third-order valence-corrected chi connectivity index (χ3v) is 3.16. The monoisotopic (exact) mass is 332 g/mol. The van der Waals surface area contributed by atoms with Crippen LogP contribution < -0.4 is 11.1 Å². The maximum absolute atomic E-state index is 11.9. The molecule has 4 nitrogen and oxygen atoms in total. The SMILES string of the molecule is Nc1ccc(NC(=O)CC(=O)c2cccc(Br)c2)cc1. The Morgan fingerprint density at radius 1 is 1.10 bits per heavy atom. The van der Waals surface area contributed by atoms with Gasteiger partial charge < -0.3 is 11.1 Å². The topological polar surface area (TPSA) is 72.2 Å². The fraction of sp³-hybridized carbons (Fsp3) is 0.0667. The molecule has 0 aliphatic carbocycles. The summed E-state index contributed by atoms with van der Waals surface area (Å²) in [5.74, 6) is -0.570. The summed E-state index contributed by atoms with van der Waals surface area (Å²) in [7, 11) is 0. The number of rotatable bonds is 4. The highest BCUT2D eigenvalue weighted by molar-refractivity contribution is 9.10. The summed E-state index contributed by atoms with van der Waals surface area (Å²) in [6.45, 7) is 0. The second-order valence-corrected chi connectivity index (χ2v) is 5.20. The number of hydrogen-bond donors (Lipinski definition) is 2. The van der Waals surface area contributed by atoms with Crippen molar-refractivity contribution in [2.45, 2.75) is 6.42 Å². The third-order valence-electron chi connectivity index (χ3n) is 2.66.